The van der Waals surface area contributed by atoms with Crippen LogP contribution in [0.1, 0.15) is 21.7 Å². The molecule has 0 aliphatic heterocycles. The zero-order valence-electron chi connectivity index (χ0n) is 14.7. The smallest absolute Gasteiger partial charge is 0.339 e. The fourth-order valence-corrected chi connectivity index (χ4v) is 2.62. The van der Waals surface area contributed by atoms with Crippen molar-refractivity contribution in [1.29, 1.82) is 0 Å². The summed E-state index contributed by atoms with van der Waals surface area (Å²) in [4.78, 5) is 22.7. The normalized spacial score (nSPS) is 10.4. The van der Waals surface area contributed by atoms with E-state index in [0.717, 1.165) is 5.56 Å². The third-order valence-electron chi connectivity index (χ3n) is 4.01. The highest BCUT2D eigenvalue weighted by molar-refractivity contribution is 5.92. The Morgan fingerprint density at radius 1 is 1.22 bits per heavy atom. The summed E-state index contributed by atoms with van der Waals surface area (Å²) in [6.45, 7) is 1.35. The fourth-order valence-electron chi connectivity index (χ4n) is 2.62. The molecule has 0 bridgehead atoms. The van der Waals surface area contributed by atoms with Gasteiger partial charge in [0.05, 0.1) is 17.6 Å². The lowest BCUT2D eigenvalue weighted by molar-refractivity contribution is -0.385. The monoisotopic (exact) mass is 368 g/mol. The molecule has 1 heterocycles. The van der Waals surface area contributed by atoms with Crippen LogP contribution in [0.5, 0.6) is 5.75 Å². The Labute approximate surface area is 154 Å². The Kier molecular flexibility index (Phi) is 5.16. The number of para-hydroxylation sites is 1. The van der Waals surface area contributed by atoms with Gasteiger partial charge in [-0.3, -0.25) is 10.1 Å². The Bertz CT molecular complexity index is 995. The molecule has 1 aromatic heterocycles. The molecule has 3 rings (SSSR count). The van der Waals surface area contributed by atoms with Crippen molar-refractivity contribution < 1.29 is 23.7 Å². The van der Waals surface area contributed by atoms with Gasteiger partial charge in [-0.05, 0) is 25.1 Å². The first-order valence-corrected chi connectivity index (χ1v) is 8.01. The van der Waals surface area contributed by atoms with Crippen LogP contribution in [0.15, 0.2) is 53.1 Å². The van der Waals surface area contributed by atoms with Crippen LogP contribution in [0.3, 0.4) is 0 Å². The van der Waals surface area contributed by atoms with Crippen molar-refractivity contribution in [3.63, 3.8) is 0 Å². The van der Waals surface area contributed by atoms with Gasteiger partial charge in [0.2, 0.25) is 0 Å². The van der Waals surface area contributed by atoms with Crippen molar-refractivity contribution in [3.05, 3.63) is 75.5 Å². The first-order chi connectivity index (χ1) is 13.0. The third kappa shape index (κ3) is 3.79. The maximum absolute atomic E-state index is 12.3. The summed E-state index contributed by atoms with van der Waals surface area (Å²) in [6, 6.07) is 13.2. The minimum atomic E-state index is -0.675. The highest BCUT2D eigenvalue weighted by Gasteiger charge is 2.20. The number of ether oxygens (including phenoxy) is 2. The Morgan fingerprint density at radius 2 is 2.00 bits per heavy atom. The average molecular weight is 368 g/mol. The number of rotatable bonds is 6. The van der Waals surface area contributed by atoms with Crippen LogP contribution in [0, 0.1) is 17.0 Å². The van der Waals surface area contributed by atoms with Crippen molar-refractivity contribution in [1.82, 2.24) is 5.16 Å². The largest absolute Gasteiger partial charge is 0.496 e. The molecular formula is C19H16N2O6. The second-order valence-corrected chi connectivity index (χ2v) is 5.66. The number of esters is 1. The maximum Gasteiger partial charge on any atom is 0.339 e. The van der Waals surface area contributed by atoms with Gasteiger partial charge in [-0.15, -0.1) is 0 Å². The summed E-state index contributed by atoms with van der Waals surface area (Å²) in [5, 5.41) is 15.0. The highest BCUT2D eigenvalue weighted by atomic mass is 16.6. The average Bonchev–Trinajstić information content (AvgIpc) is 3.14. The zero-order valence-corrected chi connectivity index (χ0v) is 14.7. The van der Waals surface area contributed by atoms with Crippen LogP contribution in [-0.2, 0) is 11.3 Å². The number of methoxy groups -OCH3 is 1. The number of carbonyl (C=O) groups excluding carboxylic acids is 1. The molecule has 0 fully saturated rings. The first-order valence-electron chi connectivity index (χ1n) is 8.01. The van der Waals surface area contributed by atoms with Crippen molar-refractivity contribution >= 4 is 11.7 Å². The third-order valence-corrected chi connectivity index (χ3v) is 4.01. The second kappa shape index (κ2) is 7.69. The molecule has 0 N–H and O–H groups in total. The van der Waals surface area contributed by atoms with E-state index in [1.54, 1.807) is 19.2 Å². The molecule has 0 saturated carbocycles. The highest BCUT2D eigenvalue weighted by Crippen LogP contribution is 2.29. The van der Waals surface area contributed by atoms with Crippen LogP contribution in [0.25, 0.3) is 11.3 Å². The van der Waals surface area contributed by atoms with Gasteiger partial charge in [0, 0.05) is 23.3 Å². The Morgan fingerprint density at radius 3 is 2.74 bits per heavy atom. The van der Waals surface area contributed by atoms with Gasteiger partial charge in [0.1, 0.15) is 11.4 Å². The van der Waals surface area contributed by atoms with Gasteiger partial charge < -0.3 is 14.0 Å². The number of nitrogens with zero attached hydrogens (tertiary/aromatic N) is 2. The maximum atomic E-state index is 12.3. The quantitative estimate of drug-likeness (QED) is 0.369. The van der Waals surface area contributed by atoms with E-state index >= 15 is 0 Å². The van der Waals surface area contributed by atoms with Crippen molar-refractivity contribution in [2.24, 2.45) is 0 Å². The Hall–Kier alpha value is -3.68. The number of carbonyl (C=O) groups is 1. The van der Waals surface area contributed by atoms with Gasteiger partial charge in [0.25, 0.3) is 5.69 Å². The second-order valence-electron chi connectivity index (χ2n) is 5.66. The predicted octanol–water partition coefficient (Wildman–Crippen LogP) is 3.92. The van der Waals surface area contributed by atoms with E-state index < -0.39 is 10.9 Å². The number of nitro benzene ring substituents is 1. The molecule has 0 saturated heterocycles. The van der Waals surface area contributed by atoms with E-state index in [4.69, 9.17) is 14.0 Å². The molecule has 0 aliphatic carbocycles. The molecule has 8 nitrogen and oxygen atoms in total. The van der Waals surface area contributed by atoms with Crippen molar-refractivity contribution in [3.8, 4) is 17.0 Å². The number of hydrogen-bond donors (Lipinski definition) is 0. The van der Waals surface area contributed by atoms with E-state index in [1.807, 2.05) is 18.2 Å². The molecule has 8 heteroatoms. The lowest BCUT2D eigenvalue weighted by Crippen LogP contribution is -2.08. The van der Waals surface area contributed by atoms with Gasteiger partial charge in [-0.2, -0.15) is 0 Å². The molecule has 3 aromatic rings. The molecule has 0 unspecified atom stereocenters. The summed E-state index contributed by atoms with van der Waals surface area (Å²) < 4.78 is 15.7. The molecule has 2 aromatic carbocycles. The minimum absolute atomic E-state index is 0.133. The predicted molar refractivity (Wildman–Crippen MR) is 95.4 cm³/mol. The topological polar surface area (TPSA) is 105 Å². The van der Waals surface area contributed by atoms with Crippen LogP contribution >= 0.6 is 0 Å². The molecule has 0 radical (unpaired) electrons. The van der Waals surface area contributed by atoms with E-state index in [-0.39, 0.29) is 23.4 Å². The molecule has 27 heavy (non-hydrogen) atoms. The SMILES string of the molecule is COc1ccccc1-c1cc(COC(=O)c2cccc([N+](=O)[O-])c2C)on1. The lowest BCUT2D eigenvalue weighted by Gasteiger charge is -2.06. The summed E-state index contributed by atoms with van der Waals surface area (Å²) in [7, 11) is 1.56. The summed E-state index contributed by atoms with van der Waals surface area (Å²) in [5.74, 6) is 0.306. The molecule has 138 valence electrons. The van der Waals surface area contributed by atoms with E-state index in [1.165, 1.54) is 25.1 Å². The molecule has 0 atom stereocenters. The molecule has 0 aliphatic rings. The van der Waals surface area contributed by atoms with E-state index in [9.17, 15) is 14.9 Å². The van der Waals surface area contributed by atoms with Crippen LogP contribution in [0.2, 0.25) is 0 Å². The molecule has 0 spiro atoms. The number of benzene rings is 2. The van der Waals surface area contributed by atoms with Crippen LogP contribution in [0.4, 0.5) is 5.69 Å². The summed E-state index contributed by atoms with van der Waals surface area (Å²) in [6.07, 6.45) is 0. The van der Waals surface area contributed by atoms with Crippen molar-refractivity contribution in [2.45, 2.75) is 13.5 Å². The van der Waals surface area contributed by atoms with Gasteiger partial charge in [-0.1, -0.05) is 23.4 Å². The fraction of sp³-hybridized carbons (Fsp3) is 0.158. The molecular weight excluding hydrogens is 352 g/mol. The summed E-state index contributed by atoms with van der Waals surface area (Å²) in [5.41, 5.74) is 1.54. The first kappa shape index (κ1) is 18.1. The Balaban J connectivity index is 1.73. The standard InChI is InChI=1S/C19H16N2O6/c1-12-14(7-5-8-17(12)21(23)24)19(22)26-11-13-10-16(20-27-13)15-6-3-4-9-18(15)25-2/h3-10H,11H2,1-2H3. The van der Waals surface area contributed by atoms with Crippen LogP contribution < -0.4 is 4.74 Å². The van der Waals surface area contributed by atoms with Gasteiger partial charge in [-0.25, -0.2) is 4.79 Å². The van der Waals surface area contributed by atoms with Crippen LogP contribution in [-0.4, -0.2) is 23.2 Å². The van der Waals surface area contributed by atoms with Gasteiger partial charge in [0.15, 0.2) is 12.4 Å². The number of nitro groups is 1. The van der Waals surface area contributed by atoms with Crippen molar-refractivity contribution in [2.75, 3.05) is 7.11 Å². The summed E-state index contributed by atoms with van der Waals surface area (Å²) >= 11 is 0. The number of aromatic nitrogens is 1. The molecule has 0 amide bonds. The van der Waals surface area contributed by atoms with E-state index in [0.29, 0.717) is 17.2 Å². The minimum Gasteiger partial charge on any atom is -0.496 e. The lowest BCUT2D eigenvalue weighted by atomic mass is 10.1. The van der Waals surface area contributed by atoms with Gasteiger partial charge >= 0.3 is 5.97 Å². The van der Waals surface area contributed by atoms with E-state index in [2.05, 4.69) is 5.16 Å². The number of hydrogen-bond acceptors (Lipinski definition) is 7. The zero-order chi connectivity index (χ0) is 19.4.